The molecule has 0 saturated carbocycles. The Kier molecular flexibility index (Phi) is 7.08. The molecule has 7 heteroatoms. The molecule has 3 rings (SSSR count). The van der Waals surface area contributed by atoms with Crippen LogP contribution in [0.1, 0.15) is 5.56 Å². The van der Waals surface area contributed by atoms with Crippen molar-refractivity contribution in [1.29, 1.82) is 0 Å². The van der Waals surface area contributed by atoms with Crippen LogP contribution in [0.25, 0.3) is 0 Å². The van der Waals surface area contributed by atoms with Crippen LogP contribution in [0.15, 0.2) is 48.5 Å². The molecule has 0 radical (unpaired) electrons. The second-order valence-corrected chi connectivity index (χ2v) is 8.40. The molecule has 0 aliphatic carbocycles. The highest BCUT2D eigenvalue weighted by molar-refractivity contribution is 8.00. The molecule has 1 aliphatic heterocycles. The van der Waals surface area contributed by atoms with Gasteiger partial charge >= 0.3 is 6.03 Å². The number of benzene rings is 2. The highest BCUT2D eigenvalue weighted by Gasteiger charge is 2.21. The molecule has 26 heavy (non-hydrogen) atoms. The number of carbonyl (C=O) groups is 1. The van der Waals surface area contributed by atoms with Crippen LogP contribution in [0.5, 0.6) is 0 Å². The number of hydrogen-bond donors (Lipinski definition) is 2. The molecule has 2 aromatic carbocycles. The number of rotatable bonds is 5. The molecule has 1 atom stereocenters. The van der Waals surface area contributed by atoms with E-state index in [0.717, 1.165) is 36.6 Å². The molecule has 1 saturated heterocycles. The van der Waals surface area contributed by atoms with Crippen molar-refractivity contribution in [3.05, 3.63) is 64.1 Å². The number of halogens is 2. The second-order valence-electron chi connectivity index (χ2n) is 6.18. The summed E-state index contributed by atoms with van der Waals surface area (Å²) in [7, 11) is 0. The number of carbonyl (C=O) groups excluding carboxylic acids is 1. The lowest BCUT2D eigenvalue weighted by atomic mass is 10.2. The minimum absolute atomic E-state index is 0.168. The third kappa shape index (κ3) is 5.81. The molecule has 138 valence electrons. The van der Waals surface area contributed by atoms with E-state index in [-0.39, 0.29) is 6.03 Å². The summed E-state index contributed by atoms with van der Waals surface area (Å²) in [5, 5.41) is 7.35. The maximum atomic E-state index is 12.0. The van der Waals surface area contributed by atoms with E-state index in [1.807, 2.05) is 60.3 Å². The van der Waals surface area contributed by atoms with Crippen molar-refractivity contribution in [3.63, 3.8) is 0 Å². The summed E-state index contributed by atoms with van der Waals surface area (Å²) in [5.74, 6) is 1.05. The predicted octanol–water partition coefficient (Wildman–Crippen LogP) is 4.73. The number of urea groups is 1. The van der Waals surface area contributed by atoms with Crippen LogP contribution in [-0.4, -0.2) is 41.6 Å². The van der Waals surface area contributed by atoms with Crippen LogP contribution < -0.4 is 10.6 Å². The number of anilines is 1. The molecular weight excluding hydrogens is 389 g/mol. The standard InChI is InChI=1S/C19H21Cl2N3OS/c20-17-7-6-14(10-18(17)21)12-24-8-9-26-16(13-24)11-22-19(25)23-15-4-2-1-3-5-15/h1-7,10,16H,8-9,11-13H2,(H2,22,23,25). The first kappa shape index (κ1) is 19.4. The smallest absolute Gasteiger partial charge is 0.319 e. The zero-order chi connectivity index (χ0) is 18.4. The van der Waals surface area contributed by atoms with E-state index in [0.29, 0.717) is 21.8 Å². The van der Waals surface area contributed by atoms with Gasteiger partial charge in [-0.2, -0.15) is 11.8 Å². The molecule has 2 N–H and O–H groups in total. The molecule has 1 aliphatic rings. The molecule has 0 aromatic heterocycles. The summed E-state index contributed by atoms with van der Waals surface area (Å²) in [6.45, 7) is 3.43. The van der Waals surface area contributed by atoms with Crippen molar-refractivity contribution in [3.8, 4) is 0 Å². The van der Waals surface area contributed by atoms with Crippen LogP contribution in [0, 0.1) is 0 Å². The van der Waals surface area contributed by atoms with Gasteiger partial charge in [-0.05, 0) is 29.8 Å². The number of para-hydroxylation sites is 1. The van der Waals surface area contributed by atoms with Gasteiger partial charge in [-0.15, -0.1) is 0 Å². The van der Waals surface area contributed by atoms with Crippen molar-refractivity contribution in [1.82, 2.24) is 10.2 Å². The van der Waals surface area contributed by atoms with Crippen LogP contribution in [0.4, 0.5) is 10.5 Å². The van der Waals surface area contributed by atoms with Gasteiger partial charge in [-0.1, -0.05) is 47.5 Å². The van der Waals surface area contributed by atoms with Gasteiger partial charge in [0, 0.05) is 42.9 Å². The van der Waals surface area contributed by atoms with Gasteiger partial charge in [-0.3, -0.25) is 4.90 Å². The molecular formula is C19H21Cl2N3OS. The summed E-state index contributed by atoms with van der Waals surface area (Å²) < 4.78 is 0. The Hall–Kier alpha value is -1.40. The lowest BCUT2D eigenvalue weighted by Crippen LogP contribution is -2.43. The molecule has 1 heterocycles. The molecule has 1 fully saturated rings. The SMILES string of the molecule is O=C(NCC1CN(Cc2ccc(Cl)c(Cl)c2)CCS1)Nc1ccccc1. The highest BCUT2D eigenvalue weighted by Crippen LogP contribution is 2.25. The van der Waals surface area contributed by atoms with E-state index in [1.54, 1.807) is 0 Å². The summed E-state index contributed by atoms with van der Waals surface area (Å²) in [6.07, 6.45) is 0. The number of nitrogens with zero attached hydrogens (tertiary/aromatic N) is 1. The van der Waals surface area contributed by atoms with Crippen LogP contribution in [-0.2, 0) is 6.54 Å². The van der Waals surface area contributed by atoms with Gasteiger partial charge in [0.25, 0.3) is 0 Å². The zero-order valence-corrected chi connectivity index (χ0v) is 16.6. The fraction of sp³-hybridized carbons (Fsp3) is 0.316. The second kappa shape index (κ2) is 9.51. The van der Waals surface area contributed by atoms with E-state index in [1.165, 1.54) is 0 Å². The number of thioether (sulfide) groups is 1. The summed E-state index contributed by atoms with van der Waals surface area (Å²) in [4.78, 5) is 14.4. The van der Waals surface area contributed by atoms with Crippen molar-refractivity contribution in [2.75, 3.05) is 30.7 Å². The topological polar surface area (TPSA) is 44.4 Å². The maximum absolute atomic E-state index is 12.0. The first-order valence-corrected chi connectivity index (χ1v) is 10.3. The first-order chi connectivity index (χ1) is 12.6. The minimum atomic E-state index is -0.168. The molecule has 1 unspecified atom stereocenters. The molecule has 0 bridgehead atoms. The molecule has 4 nitrogen and oxygen atoms in total. The first-order valence-electron chi connectivity index (χ1n) is 8.48. The average Bonchev–Trinajstić information content (AvgIpc) is 2.64. The Morgan fingerprint density at radius 1 is 1.15 bits per heavy atom. The molecule has 0 spiro atoms. The van der Waals surface area contributed by atoms with Crippen LogP contribution in [0.2, 0.25) is 10.0 Å². The van der Waals surface area contributed by atoms with Crippen LogP contribution >= 0.6 is 35.0 Å². The number of amides is 2. The van der Waals surface area contributed by atoms with Gasteiger partial charge in [0.05, 0.1) is 10.0 Å². The number of nitrogens with one attached hydrogen (secondary N) is 2. The fourth-order valence-electron chi connectivity index (χ4n) is 2.85. The molecule has 2 aromatic rings. The lowest BCUT2D eigenvalue weighted by molar-refractivity contribution is 0.248. The van der Waals surface area contributed by atoms with E-state index < -0.39 is 0 Å². The summed E-state index contributed by atoms with van der Waals surface area (Å²) >= 11 is 14.0. The number of hydrogen-bond acceptors (Lipinski definition) is 3. The Morgan fingerprint density at radius 2 is 1.96 bits per heavy atom. The van der Waals surface area contributed by atoms with E-state index in [4.69, 9.17) is 23.2 Å². The Bertz CT molecular complexity index is 745. The normalized spacial score (nSPS) is 17.7. The average molecular weight is 410 g/mol. The van der Waals surface area contributed by atoms with E-state index in [2.05, 4.69) is 15.5 Å². The maximum Gasteiger partial charge on any atom is 0.319 e. The lowest BCUT2D eigenvalue weighted by Gasteiger charge is -2.32. The van der Waals surface area contributed by atoms with Crippen molar-refractivity contribution < 1.29 is 4.79 Å². The van der Waals surface area contributed by atoms with Gasteiger partial charge in [0.2, 0.25) is 0 Å². The summed E-state index contributed by atoms with van der Waals surface area (Å²) in [6, 6.07) is 15.1. The largest absolute Gasteiger partial charge is 0.337 e. The highest BCUT2D eigenvalue weighted by atomic mass is 35.5. The molecule has 2 amide bonds. The van der Waals surface area contributed by atoms with Crippen molar-refractivity contribution in [2.45, 2.75) is 11.8 Å². The van der Waals surface area contributed by atoms with Crippen molar-refractivity contribution in [2.24, 2.45) is 0 Å². The Morgan fingerprint density at radius 3 is 2.73 bits per heavy atom. The van der Waals surface area contributed by atoms with Crippen LogP contribution in [0.3, 0.4) is 0 Å². The van der Waals surface area contributed by atoms with Gasteiger partial charge in [0.1, 0.15) is 0 Å². The zero-order valence-electron chi connectivity index (χ0n) is 14.3. The Balaban J connectivity index is 1.46. The van der Waals surface area contributed by atoms with Gasteiger partial charge in [-0.25, -0.2) is 4.79 Å². The monoisotopic (exact) mass is 409 g/mol. The van der Waals surface area contributed by atoms with E-state index in [9.17, 15) is 4.79 Å². The fourth-order valence-corrected chi connectivity index (χ4v) is 4.38. The Labute approximate surface area is 168 Å². The third-order valence-electron chi connectivity index (χ3n) is 4.14. The quantitative estimate of drug-likeness (QED) is 0.749. The third-order valence-corrected chi connectivity index (χ3v) is 6.08. The van der Waals surface area contributed by atoms with Crippen molar-refractivity contribution >= 4 is 46.7 Å². The van der Waals surface area contributed by atoms with Gasteiger partial charge < -0.3 is 10.6 Å². The van der Waals surface area contributed by atoms with E-state index >= 15 is 0 Å². The summed E-state index contributed by atoms with van der Waals surface area (Å²) in [5.41, 5.74) is 1.95. The minimum Gasteiger partial charge on any atom is -0.337 e. The predicted molar refractivity (Wildman–Crippen MR) is 111 cm³/mol. The van der Waals surface area contributed by atoms with Gasteiger partial charge in [0.15, 0.2) is 0 Å².